The van der Waals surface area contributed by atoms with Gasteiger partial charge in [-0.2, -0.15) is 9.97 Å². The number of ether oxygens (including phenoxy) is 2. The van der Waals surface area contributed by atoms with Gasteiger partial charge in [0.05, 0.1) is 17.6 Å². The van der Waals surface area contributed by atoms with Gasteiger partial charge in [0.25, 0.3) is 0 Å². The third kappa shape index (κ3) is 3.79. The number of alkyl halides is 1. The maximum absolute atomic E-state index is 16.9. The maximum atomic E-state index is 16.9. The standard InChI is InChI=1S/C34H31F3N6O2/c1-2-21-23(36)8-7-19-5-3-6-22(24(19)21)27-26(37)28-25-29(43(11-12-44-30(25)39-27)34-15-32(38,16-34)17-34)41-31(40-28)45-18-33-9-4-10-42(33)14-20(35)13-33/h1,3,5-8,20H,4,9-18,38H2/t20-,32?,33+,34?/m1/s1. The summed E-state index contributed by atoms with van der Waals surface area (Å²) >= 11 is 0. The van der Waals surface area contributed by atoms with Crippen LogP contribution in [0.3, 0.4) is 0 Å². The summed E-state index contributed by atoms with van der Waals surface area (Å²) < 4.78 is 58.8. The molecule has 230 valence electrons. The third-order valence-corrected chi connectivity index (χ3v) is 10.8. The topological polar surface area (TPSA) is 89.6 Å². The Morgan fingerprint density at radius 2 is 1.93 bits per heavy atom. The number of fused-ring (bicyclic) bond motifs is 2. The maximum Gasteiger partial charge on any atom is 0.319 e. The molecule has 0 unspecified atom stereocenters. The van der Waals surface area contributed by atoms with Crippen LogP contribution in [0.5, 0.6) is 11.9 Å². The van der Waals surface area contributed by atoms with Gasteiger partial charge in [0.2, 0.25) is 5.88 Å². The molecule has 6 aliphatic rings. The molecule has 0 radical (unpaired) electrons. The molecule has 3 saturated carbocycles. The van der Waals surface area contributed by atoms with Crippen molar-refractivity contribution in [3.8, 4) is 35.5 Å². The lowest BCUT2D eigenvalue weighted by atomic mass is 9.44. The van der Waals surface area contributed by atoms with E-state index in [1.165, 1.54) is 6.07 Å². The van der Waals surface area contributed by atoms with E-state index in [1.54, 1.807) is 24.3 Å². The first-order valence-electron chi connectivity index (χ1n) is 15.5. The lowest BCUT2D eigenvalue weighted by Gasteiger charge is -2.72. The van der Waals surface area contributed by atoms with Crippen LogP contribution in [0.2, 0.25) is 0 Å². The van der Waals surface area contributed by atoms with Crippen molar-refractivity contribution in [3.05, 3.63) is 47.5 Å². The summed E-state index contributed by atoms with van der Waals surface area (Å²) in [6.07, 6.45) is 9.39. The summed E-state index contributed by atoms with van der Waals surface area (Å²) in [6.45, 7) is 2.19. The van der Waals surface area contributed by atoms with Gasteiger partial charge in [-0.3, -0.25) is 4.90 Å². The van der Waals surface area contributed by atoms with Crippen molar-refractivity contribution in [2.24, 2.45) is 5.73 Å². The highest BCUT2D eigenvalue weighted by Crippen LogP contribution is 2.63. The van der Waals surface area contributed by atoms with Gasteiger partial charge in [0.1, 0.15) is 47.6 Å². The molecule has 45 heavy (non-hydrogen) atoms. The molecular formula is C34H31F3N6O2. The normalized spacial score (nSPS) is 29.9. The Labute approximate surface area is 257 Å². The van der Waals surface area contributed by atoms with E-state index < -0.39 is 23.3 Å². The second-order valence-electron chi connectivity index (χ2n) is 13.6. The largest absolute Gasteiger partial charge is 0.475 e. The Hall–Kier alpha value is -4.14. The van der Waals surface area contributed by atoms with Crippen LogP contribution in [0.25, 0.3) is 32.9 Å². The fourth-order valence-electron chi connectivity index (χ4n) is 8.88. The Balaban J connectivity index is 1.23. The summed E-state index contributed by atoms with van der Waals surface area (Å²) in [5.41, 5.74) is 5.92. The first-order chi connectivity index (χ1) is 21.7. The number of rotatable bonds is 5. The van der Waals surface area contributed by atoms with E-state index >= 15 is 4.39 Å². The lowest BCUT2D eigenvalue weighted by molar-refractivity contribution is -0.0565. The highest BCUT2D eigenvalue weighted by atomic mass is 19.1. The van der Waals surface area contributed by atoms with E-state index in [2.05, 4.69) is 25.7 Å². The van der Waals surface area contributed by atoms with E-state index in [1.807, 2.05) is 0 Å². The second-order valence-corrected chi connectivity index (χ2v) is 13.6. The SMILES string of the molecule is C#Cc1c(F)ccc2cccc(-c3nc4c5c(nc(OC[C@@]67CCCN6C[C@H](F)C7)nc5c3F)N(C35CC(N)(C3)C5)CCO4)c12. The minimum Gasteiger partial charge on any atom is -0.475 e. The predicted molar refractivity (Wildman–Crippen MR) is 163 cm³/mol. The molecule has 2 bridgehead atoms. The fraction of sp³-hybridized carbons (Fsp3) is 0.441. The van der Waals surface area contributed by atoms with Crippen molar-refractivity contribution < 1.29 is 22.6 Å². The molecule has 2 N–H and O–H groups in total. The number of benzene rings is 2. The third-order valence-electron chi connectivity index (χ3n) is 10.8. The Bertz CT molecular complexity index is 1960. The molecular weight excluding hydrogens is 581 g/mol. The number of nitrogens with two attached hydrogens (primary N) is 1. The lowest BCUT2D eigenvalue weighted by Crippen LogP contribution is -2.82. The molecule has 3 aliphatic carbocycles. The van der Waals surface area contributed by atoms with Crippen molar-refractivity contribution in [2.75, 3.05) is 37.7 Å². The molecule has 4 aromatic rings. The Kier molecular flexibility index (Phi) is 5.56. The van der Waals surface area contributed by atoms with Gasteiger partial charge in [-0.05, 0) is 50.1 Å². The first-order valence-corrected chi connectivity index (χ1v) is 15.5. The highest BCUT2D eigenvalue weighted by Gasteiger charge is 2.69. The molecule has 10 rings (SSSR count). The summed E-state index contributed by atoms with van der Waals surface area (Å²) in [7, 11) is 0. The Morgan fingerprint density at radius 3 is 2.73 bits per heavy atom. The second kappa shape index (κ2) is 9.21. The van der Waals surface area contributed by atoms with Crippen LogP contribution in [0.1, 0.15) is 44.1 Å². The number of hydrogen-bond acceptors (Lipinski definition) is 8. The van der Waals surface area contributed by atoms with Gasteiger partial charge in [-0.25, -0.2) is 18.2 Å². The van der Waals surface area contributed by atoms with Crippen molar-refractivity contribution in [2.45, 2.75) is 61.3 Å². The van der Waals surface area contributed by atoms with Gasteiger partial charge >= 0.3 is 6.01 Å². The molecule has 5 heterocycles. The van der Waals surface area contributed by atoms with E-state index in [4.69, 9.17) is 26.6 Å². The van der Waals surface area contributed by atoms with Crippen LogP contribution < -0.4 is 20.1 Å². The van der Waals surface area contributed by atoms with Crippen molar-refractivity contribution >= 4 is 27.5 Å². The number of pyridine rings is 1. The van der Waals surface area contributed by atoms with Gasteiger partial charge in [-0.15, -0.1) is 6.42 Å². The van der Waals surface area contributed by atoms with Gasteiger partial charge < -0.3 is 20.1 Å². The van der Waals surface area contributed by atoms with Gasteiger partial charge in [0.15, 0.2) is 5.82 Å². The van der Waals surface area contributed by atoms with Gasteiger partial charge in [-0.1, -0.05) is 30.2 Å². The average molecular weight is 613 g/mol. The molecule has 3 aliphatic heterocycles. The molecule has 0 amide bonds. The molecule has 2 saturated heterocycles. The zero-order valence-corrected chi connectivity index (χ0v) is 24.6. The summed E-state index contributed by atoms with van der Waals surface area (Å²) in [6, 6.07) is 8.12. The van der Waals surface area contributed by atoms with Crippen molar-refractivity contribution in [1.29, 1.82) is 0 Å². The molecule has 2 atom stereocenters. The Morgan fingerprint density at radius 1 is 1.09 bits per heavy atom. The van der Waals surface area contributed by atoms with Crippen molar-refractivity contribution in [1.82, 2.24) is 19.9 Å². The average Bonchev–Trinajstić information content (AvgIpc) is 3.45. The van der Waals surface area contributed by atoms with Crippen molar-refractivity contribution in [3.63, 3.8) is 0 Å². The van der Waals surface area contributed by atoms with E-state index in [-0.39, 0.29) is 53.0 Å². The van der Waals surface area contributed by atoms with Crippen LogP contribution in [-0.4, -0.2) is 75.5 Å². The number of anilines is 1. The highest BCUT2D eigenvalue weighted by molar-refractivity contribution is 6.03. The number of halogens is 3. The molecule has 2 aromatic carbocycles. The summed E-state index contributed by atoms with van der Waals surface area (Å²) in [5.74, 6) is 1.81. The quantitative estimate of drug-likeness (QED) is 0.319. The van der Waals surface area contributed by atoms with E-state index in [0.717, 1.165) is 38.6 Å². The van der Waals surface area contributed by atoms with Crippen LogP contribution in [0.4, 0.5) is 19.0 Å². The minimum absolute atomic E-state index is 0.0114. The predicted octanol–water partition coefficient (Wildman–Crippen LogP) is 4.89. The molecule has 2 aromatic heterocycles. The number of aromatic nitrogens is 3. The fourth-order valence-corrected chi connectivity index (χ4v) is 8.88. The monoisotopic (exact) mass is 612 g/mol. The molecule has 0 spiro atoms. The first kappa shape index (κ1) is 27.2. The molecule has 8 nitrogen and oxygen atoms in total. The van der Waals surface area contributed by atoms with Crippen LogP contribution in [0.15, 0.2) is 30.3 Å². The number of nitrogens with zero attached hydrogens (tertiary/aromatic N) is 5. The van der Waals surface area contributed by atoms with Crippen LogP contribution in [-0.2, 0) is 0 Å². The minimum atomic E-state index is -0.913. The molecule has 11 heteroatoms. The van der Waals surface area contributed by atoms with Crippen LogP contribution >= 0.6 is 0 Å². The zero-order valence-electron chi connectivity index (χ0n) is 24.6. The smallest absolute Gasteiger partial charge is 0.319 e. The van der Waals surface area contributed by atoms with E-state index in [9.17, 15) is 8.78 Å². The number of terminal acetylenes is 1. The van der Waals surface area contributed by atoms with Crippen LogP contribution in [0, 0.1) is 24.0 Å². The zero-order chi connectivity index (χ0) is 30.7. The molecule has 5 fully saturated rings. The van der Waals surface area contributed by atoms with E-state index in [0.29, 0.717) is 47.1 Å². The number of hydrogen-bond donors (Lipinski definition) is 1. The summed E-state index contributed by atoms with van der Waals surface area (Å²) in [4.78, 5) is 18.5. The summed E-state index contributed by atoms with van der Waals surface area (Å²) in [5, 5.41) is 1.38. The van der Waals surface area contributed by atoms with Gasteiger partial charge in [0, 0.05) is 35.0 Å².